The quantitative estimate of drug-likeness (QED) is 0.233. The molecule has 0 aliphatic rings. The molecule has 1 aromatic heterocycles. The third kappa shape index (κ3) is 5.28. The first-order valence-corrected chi connectivity index (χ1v) is 14.9. The number of fused-ring (bicyclic) bond motifs is 3. The van der Waals surface area contributed by atoms with Crippen molar-refractivity contribution in [2.24, 2.45) is 0 Å². The van der Waals surface area contributed by atoms with E-state index in [2.05, 4.69) is 0 Å². The highest BCUT2D eigenvalue weighted by molar-refractivity contribution is 7.95. The zero-order valence-corrected chi connectivity index (χ0v) is 22.1. The first kappa shape index (κ1) is 24.7. The fraction of sp³-hybridized carbons (Fsp3) is 0.0667. The van der Waals surface area contributed by atoms with E-state index in [9.17, 15) is 8.42 Å². The summed E-state index contributed by atoms with van der Waals surface area (Å²) in [5.74, 6) is 0. The molecule has 0 radical (unpaired) electrons. The molecule has 0 saturated heterocycles. The van der Waals surface area contributed by atoms with Crippen LogP contribution in [0.1, 0.15) is 22.3 Å². The number of rotatable bonds is 6. The van der Waals surface area contributed by atoms with E-state index >= 15 is 0 Å². The molecular formula is C30H26N2O3S2. The lowest BCUT2D eigenvalue weighted by atomic mass is 10.1. The summed E-state index contributed by atoms with van der Waals surface area (Å²) in [6.45, 7) is 3.90. The van der Waals surface area contributed by atoms with E-state index in [0.717, 1.165) is 33.0 Å². The number of nitrogens with one attached hydrogen (secondary N) is 2. The maximum Gasteiger partial charge on any atom is 0.135 e. The standard InChI is InChI=1S/C30H26N2O3S2/c1-21-3-9-25(10-4-21)36(31,33)17-15-23-7-13-29-27(19-23)28-20-24(8-14-30(28)35-29)16-18-37(32,34)26-11-5-22(2)6-12-26/h3-20,31-32H,1-2H3/b17-15+,18-16+. The minimum Gasteiger partial charge on any atom is -0.456 e. The lowest BCUT2D eigenvalue weighted by Gasteiger charge is -2.03. The van der Waals surface area contributed by atoms with E-state index in [1.54, 1.807) is 36.4 Å². The second-order valence-corrected chi connectivity index (χ2v) is 12.9. The van der Waals surface area contributed by atoms with Crippen LogP contribution in [0.3, 0.4) is 0 Å². The Kier molecular flexibility index (Phi) is 6.35. The van der Waals surface area contributed by atoms with Gasteiger partial charge in [0.2, 0.25) is 0 Å². The first-order chi connectivity index (χ1) is 17.6. The molecule has 0 amide bonds. The molecule has 0 aliphatic carbocycles. The van der Waals surface area contributed by atoms with Crippen molar-refractivity contribution in [3.05, 3.63) is 118 Å². The maximum atomic E-state index is 12.9. The summed E-state index contributed by atoms with van der Waals surface area (Å²) < 4.78 is 48.5. The molecule has 0 aliphatic heterocycles. The zero-order valence-electron chi connectivity index (χ0n) is 20.4. The van der Waals surface area contributed by atoms with E-state index < -0.39 is 19.5 Å². The van der Waals surface area contributed by atoms with Gasteiger partial charge in [0.15, 0.2) is 0 Å². The van der Waals surface area contributed by atoms with Crippen LogP contribution < -0.4 is 0 Å². The van der Waals surface area contributed by atoms with Crippen LogP contribution in [0.2, 0.25) is 0 Å². The number of benzene rings is 4. The predicted molar refractivity (Wildman–Crippen MR) is 152 cm³/mol. The highest BCUT2D eigenvalue weighted by Gasteiger charge is 2.10. The third-order valence-electron chi connectivity index (χ3n) is 6.16. The van der Waals surface area contributed by atoms with Crippen molar-refractivity contribution in [3.8, 4) is 0 Å². The van der Waals surface area contributed by atoms with E-state index in [0.29, 0.717) is 21.0 Å². The predicted octanol–water partition coefficient (Wildman–Crippen LogP) is 8.36. The summed E-state index contributed by atoms with van der Waals surface area (Å²) in [6, 6.07) is 25.6. The van der Waals surface area contributed by atoms with Gasteiger partial charge in [0.05, 0.1) is 29.2 Å². The smallest absolute Gasteiger partial charge is 0.135 e. The average molecular weight is 527 g/mol. The molecule has 2 unspecified atom stereocenters. The molecule has 7 heteroatoms. The molecule has 186 valence electrons. The van der Waals surface area contributed by atoms with E-state index in [1.165, 1.54) is 10.8 Å². The summed E-state index contributed by atoms with van der Waals surface area (Å²) in [4.78, 5) is 0.939. The summed E-state index contributed by atoms with van der Waals surface area (Å²) in [5.41, 5.74) is 5.13. The second-order valence-electron chi connectivity index (χ2n) is 9.05. The van der Waals surface area contributed by atoms with Gasteiger partial charge in [0.1, 0.15) is 11.2 Å². The fourth-order valence-electron chi connectivity index (χ4n) is 4.01. The van der Waals surface area contributed by atoms with Crippen LogP contribution in [0.15, 0.2) is 110 Å². The molecule has 5 nitrogen and oxygen atoms in total. The van der Waals surface area contributed by atoms with Crippen molar-refractivity contribution in [1.82, 2.24) is 0 Å². The Hall–Kier alpha value is -3.94. The molecule has 1 heterocycles. The minimum absolute atomic E-state index is 0.470. The Bertz CT molecular complexity index is 1760. The lowest BCUT2D eigenvalue weighted by Crippen LogP contribution is -1.93. The largest absolute Gasteiger partial charge is 0.456 e. The number of furan rings is 1. The third-order valence-corrected chi connectivity index (χ3v) is 9.15. The van der Waals surface area contributed by atoms with Gasteiger partial charge in [-0.2, -0.15) is 0 Å². The molecule has 5 aromatic rings. The van der Waals surface area contributed by atoms with Gasteiger partial charge in [-0.3, -0.25) is 0 Å². The topological polar surface area (TPSA) is 95.0 Å². The molecule has 2 atom stereocenters. The number of hydrogen-bond acceptors (Lipinski definition) is 5. The van der Waals surface area contributed by atoms with Gasteiger partial charge in [0, 0.05) is 21.6 Å². The second kappa shape index (κ2) is 9.50. The highest BCUT2D eigenvalue weighted by atomic mass is 32.2. The minimum atomic E-state index is -3.07. The summed E-state index contributed by atoms with van der Waals surface area (Å²) in [6.07, 6.45) is 3.40. The summed E-state index contributed by atoms with van der Waals surface area (Å²) in [5, 5.41) is 4.63. The van der Waals surface area contributed by atoms with Gasteiger partial charge in [-0.05, 0) is 85.7 Å². The molecule has 2 N–H and O–H groups in total. The molecular weight excluding hydrogens is 500 g/mol. The Morgan fingerprint density at radius 1 is 0.595 bits per heavy atom. The van der Waals surface area contributed by atoms with Crippen LogP contribution >= 0.6 is 0 Å². The van der Waals surface area contributed by atoms with Crippen molar-refractivity contribution in [2.45, 2.75) is 23.6 Å². The van der Waals surface area contributed by atoms with Gasteiger partial charge < -0.3 is 4.42 Å². The van der Waals surface area contributed by atoms with Gasteiger partial charge in [0.25, 0.3) is 0 Å². The van der Waals surface area contributed by atoms with Crippen molar-refractivity contribution in [3.63, 3.8) is 0 Å². The van der Waals surface area contributed by atoms with Crippen molar-refractivity contribution in [1.29, 1.82) is 9.56 Å². The van der Waals surface area contributed by atoms with Gasteiger partial charge in [-0.15, -0.1) is 0 Å². The highest BCUT2D eigenvalue weighted by Crippen LogP contribution is 2.31. The monoisotopic (exact) mass is 526 g/mol. The molecule has 0 fully saturated rings. The molecule has 0 saturated carbocycles. The normalized spacial score (nSPS) is 15.4. The van der Waals surface area contributed by atoms with Crippen molar-refractivity contribution >= 4 is 53.5 Å². The van der Waals surface area contributed by atoms with Crippen LogP contribution in [-0.4, -0.2) is 8.42 Å². The van der Waals surface area contributed by atoms with Crippen LogP contribution in [-0.2, 0) is 19.5 Å². The van der Waals surface area contributed by atoms with Gasteiger partial charge >= 0.3 is 0 Å². The maximum absolute atomic E-state index is 12.9. The molecule has 0 spiro atoms. The van der Waals surface area contributed by atoms with Crippen LogP contribution in [0.25, 0.3) is 34.1 Å². The summed E-state index contributed by atoms with van der Waals surface area (Å²) in [7, 11) is -6.14. The van der Waals surface area contributed by atoms with E-state index in [4.69, 9.17) is 14.0 Å². The summed E-state index contributed by atoms with van der Waals surface area (Å²) >= 11 is 0. The molecule has 4 aromatic carbocycles. The number of hydrogen-bond donors (Lipinski definition) is 2. The fourth-order valence-corrected chi connectivity index (χ4v) is 6.10. The van der Waals surface area contributed by atoms with Gasteiger partial charge in [-0.25, -0.2) is 18.0 Å². The van der Waals surface area contributed by atoms with Crippen molar-refractivity contribution < 1.29 is 12.8 Å². The van der Waals surface area contributed by atoms with Crippen molar-refractivity contribution in [2.75, 3.05) is 0 Å². The molecule has 37 heavy (non-hydrogen) atoms. The zero-order chi connectivity index (χ0) is 26.2. The van der Waals surface area contributed by atoms with Crippen LogP contribution in [0, 0.1) is 23.4 Å². The Morgan fingerprint density at radius 2 is 0.973 bits per heavy atom. The SMILES string of the molecule is Cc1ccc(S(=N)(=O)/C=C/c2ccc3oc4ccc(/C=C/S(=N)(=O)c5ccc(C)cc5)cc4c3c2)cc1. The van der Waals surface area contributed by atoms with Gasteiger partial charge in [-0.1, -0.05) is 47.5 Å². The Balaban J connectivity index is 1.47. The Morgan fingerprint density at radius 3 is 1.35 bits per heavy atom. The average Bonchev–Trinajstić information content (AvgIpc) is 3.24. The molecule has 5 rings (SSSR count). The van der Waals surface area contributed by atoms with E-state index in [1.807, 2.05) is 74.5 Å². The number of aryl methyl sites for hydroxylation is 2. The Labute approximate surface area is 217 Å². The molecule has 0 bridgehead atoms. The first-order valence-electron chi connectivity index (χ1n) is 11.6. The van der Waals surface area contributed by atoms with Crippen LogP contribution in [0.4, 0.5) is 0 Å². The lowest BCUT2D eigenvalue weighted by molar-refractivity contribution is 0.669. The van der Waals surface area contributed by atoms with E-state index in [-0.39, 0.29) is 0 Å². The van der Waals surface area contributed by atoms with Crippen LogP contribution in [0.5, 0.6) is 0 Å².